The predicted molar refractivity (Wildman–Crippen MR) is 70.8 cm³/mol. The lowest BCUT2D eigenvalue weighted by atomic mass is 10.1. The second-order valence-corrected chi connectivity index (χ2v) is 6.43. The van der Waals surface area contributed by atoms with E-state index in [1.807, 2.05) is 0 Å². The van der Waals surface area contributed by atoms with E-state index < -0.39 is 9.84 Å². The molecule has 1 heterocycles. The molecule has 0 unspecified atom stereocenters. The lowest BCUT2D eigenvalue weighted by molar-refractivity contribution is 0.602. The Kier molecular flexibility index (Phi) is 3.08. The Labute approximate surface area is 110 Å². The van der Waals surface area contributed by atoms with Gasteiger partial charge in [0.15, 0.2) is 9.84 Å². The number of nitrogen functional groups attached to an aromatic ring is 1. The summed E-state index contributed by atoms with van der Waals surface area (Å²) in [5.74, 6) is 0. The summed E-state index contributed by atoms with van der Waals surface area (Å²) in [5.41, 5.74) is 7.70. The molecule has 0 bridgehead atoms. The van der Waals surface area contributed by atoms with Gasteiger partial charge in [0.1, 0.15) is 4.90 Å². The van der Waals surface area contributed by atoms with Crippen LogP contribution in [0.3, 0.4) is 0 Å². The Morgan fingerprint density at radius 3 is 2.61 bits per heavy atom. The van der Waals surface area contributed by atoms with Crippen LogP contribution in [-0.4, -0.2) is 24.5 Å². The third-order valence-electron chi connectivity index (χ3n) is 2.61. The summed E-state index contributed by atoms with van der Waals surface area (Å²) >= 11 is 6.02. The highest BCUT2D eigenvalue weighted by Crippen LogP contribution is 2.28. The van der Waals surface area contributed by atoms with E-state index in [1.54, 1.807) is 19.1 Å². The summed E-state index contributed by atoms with van der Waals surface area (Å²) < 4.78 is 24.2. The third-order valence-corrected chi connectivity index (χ3v) is 4.09. The minimum Gasteiger partial charge on any atom is -0.397 e. The fourth-order valence-electron chi connectivity index (χ4n) is 1.62. The van der Waals surface area contributed by atoms with Crippen LogP contribution in [0.4, 0.5) is 5.69 Å². The number of aromatic nitrogens is 2. The maximum Gasteiger partial charge on any atom is 0.178 e. The van der Waals surface area contributed by atoms with Crippen LogP contribution in [-0.2, 0) is 9.84 Å². The maximum absolute atomic E-state index is 11.4. The van der Waals surface area contributed by atoms with E-state index in [2.05, 4.69) is 5.10 Å². The van der Waals surface area contributed by atoms with Crippen LogP contribution in [0.2, 0.25) is 5.02 Å². The van der Waals surface area contributed by atoms with E-state index in [9.17, 15) is 8.42 Å². The van der Waals surface area contributed by atoms with Crippen molar-refractivity contribution in [3.8, 4) is 5.69 Å². The summed E-state index contributed by atoms with van der Waals surface area (Å²) in [7, 11) is -3.28. The van der Waals surface area contributed by atoms with Gasteiger partial charge in [-0.25, -0.2) is 13.1 Å². The highest BCUT2D eigenvalue weighted by molar-refractivity contribution is 7.90. The standard InChI is InChI=1S/C11H12ClN3O2S/c1-7-9(12)3-4-10(13)11(7)15-6-8(5-14-15)18(2,16)17/h3-6H,13H2,1-2H3. The molecule has 18 heavy (non-hydrogen) atoms. The van der Waals surface area contributed by atoms with Gasteiger partial charge in [0.25, 0.3) is 0 Å². The molecule has 0 amide bonds. The summed E-state index contributed by atoms with van der Waals surface area (Å²) in [5, 5.41) is 4.57. The quantitative estimate of drug-likeness (QED) is 0.854. The number of halogens is 1. The van der Waals surface area contributed by atoms with Crippen molar-refractivity contribution in [2.45, 2.75) is 11.8 Å². The molecular weight excluding hydrogens is 274 g/mol. The third kappa shape index (κ3) is 2.21. The Morgan fingerprint density at radius 1 is 1.39 bits per heavy atom. The summed E-state index contributed by atoms with van der Waals surface area (Å²) in [6, 6.07) is 3.35. The first-order chi connectivity index (χ1) is 8.30. The monoisotopic (exact) mass is 285 g/mol. The van der Waals surface area contributed by atoms with Crippen LogP contribution < -0.4 is 5.73 Å². The summed E-state index contributed by atoms with van der Waals surface area (Å²) in [6.45, 7) is 1.80. The number of hydrogen-bond acceptors (Lipinski definition) is 4. The average molecular weight is 286 g/mol. The molecule has 0 spiro atoms. The largest absolute Gasteiger partial charge is 0.397 e. The number of benzene rings is 1. The Balaban J connectivity index is 2.64. The molecule has 0 saturated heterocycles. The van der Waals surface area contributed by atoms with Crippen molar-refractivity contribution in [2.75, 3.05) is 12.0 Å². The number of nitrogens with zero attached hydrogens (tertiary/aromatic N) is 2. The number of rotatable bonds is 2. The van der Waals surface area contributed by atoms with Crippen LogP contribution >= 0.6 is 11.6 Å². The van der Waals surface area contributed by atoms with Crippen molar-refractivity contribution < 1.29 is 8.42 Å². The second-order valence-electron chi connectivity index (χ2n) is 4.00. The molecule has 0 atom stereocenters. The first kappa shape index (κ1) is 12.9. The molecule has 0 aliphatic heterocycles. The van der Waals surface area contributed by atoms with Gasteiger partial charge in [-0.15, -0.1) is 0 Å². The minimum absolute atomic E-state index is 0.140. The molecule has 2 N–H and O–H groups in total. The van der Waals surface area contributed by atoms with E-state index in [1.165, 1.54) is 17.1 Å². The zero-order valence-electron chi connectivity index (χ0n) is 9.88. The molecular formula is C11H12ClN3O2S. The molecule has 0 radical (unpaired) electrons. The van der Waals surface area contributed by atoms with Crippen LogP contribution in [0.15, 0.2) is 29.4 Å². The Hall–Kier alpha value is -1.53. The molecule has 0 saturated carbocycles. The SMILES string of the molecule is Cc1c(Cl)ccc(N)c1-n1cc(S(C)(=O)=O)cn1. The molecule has 7 heteroatoms. The van der Waals surface area contributed by atoms with Crippen LogP contribution in [0, 0.1) is 6.92 Å². The lowest BCUT2D eigenvalue weighted by Crippen LogP contribution is -2.03. The topological polar surface area (TPSA) is 78.0 Å². The molecule has 0 aliphatic carbocycles. The zero-order chi connectivity index (χ0) is 13.5. The van der Waals surface area contributed by atoms with Gasteiger partial charge >= 0.3 is 0 Å². The number of sulfone groups is 1. The van der Waals surface area contributed by atoms with Crippen LogP contribution in [0.1, 0.15) is 5.56 Å². The van der Waals surface area contributed by atoms with Crippen molar-refractivity contribution in [1.82, 2.24) is 9.78 Å². The van der Waals surface area contributed by atoms with E-state index in [0.717, 1.165) is 11.8 Å². The van der Waals surface area contributed by atoms with E-state index >= 15 is 0 Å². The van der Waals surface area contributed by atoms with Crippen molar-refractivity contribution in [2.24, 2.45) is 0 Å². The summed E-state index contributed by atoms with van der Waals surface area (Å²) in [4.78, 5) is 0.140. The molecule has 5 nitrogen and oxygen atoms in total. The fraction of sp³-hybridized carbons (Fsp3) is 0.182. The van der Waals surface area contributed by atoms with Gasteiger partial charge in [-0.2, -0.15) is 5.10 Å². The first-order valence-corrected chi connectivity index (χ1v) is 7.37. The van der Waals surface area contributed by atoms with Crippen LogP contribution in [0.25, 0.3) is 5.69 Å². The van der Waals surface area contributed by atoms with Crippen molar-refractivity contribution >= 4 is 27.1 Å². The first-order valence-electron chi connectivity index (χ1n) is 5.10. The lowest BCUT2D eigenvalue weighted by Gasteiger charge is -2.10. The van der Waals surface area contributed by atoms with Gasteiger partial charge in [0, 0.05) is 17.5 Å². The van der Waals surface area contributed by atoms with E-state index in [-0.39, 0.29) is 4.90 Å². The molecule has 1 aromatic carbocycles. The van der Waals surface area contributed by atoms with Crippen molar-refractivity contribution in [3.63, 3.8) is 0 Å². The normalized spacial score (nSPS) is 11.7. The van der Waals surface area contributed by atoms with E-state index in [4.69, 9.17) is 17.3 Å². The Morgan fingerprint density at radius 2 is 2.06 bits per heavy atom. The average Bonchev–Trinajstić information content (AvgIpc) is 2.73. The molecule has 1 aromatic heterocycles. The van der Waals surface area contributed by atoms with Crippen molar-refractivity contribution in [3.05, 3.63) is 35.1 Å². The highest BCUT2D eigenvalue weighted by atomic mass is 35.5. The van der Waals surface area contributed by atoms with Crippen LogP contribution in [0.5, 0.6) is 0 Å². The van der Waals surface area contributed by atoms with Gasteiger partial charge in [-0.05, 0) is 24.6 Å². The highest BCUT2D eigenvalue weighted by Gasteiger charge is 2.14. The number of anilines is 1. The minimum atomic E-state index is -3.28. The molecule has 96 valence electrons. The molecule has 0 fully saturated rings. The fourth-order valence-corrected chi connectivity index (χ4v) is 2.30. The molecule has 2 rings (SSSR count). The smallest absolute Gasteiger partial charge is 0.178 e. The Bertz CT molecular complexity index is 707. The zero-order valence-corrected chi connectivity index (χ0v) is 11.5. The van der Waals surface area contributed by atoms with Gasteiger partial charge in [0.05, 0.1) is 17.6 Å². The van der Waals surface area contributed by atoms with Gasteiger partial charge in [-0.3, -0.25) is 0 Å². The predicted octanol–water partition coefficient (Wildman–Crippen LogP) is 1.82. The second kappa shape index (κ2) is 4.29. The van der Waals surface area contributed by atoms with Crippen molar-refractivity contribution in [1.29, 1.82) is 0 Å². The summed E-state index contributed by atoms with van der Waals surface area (Å²) in [6.07, 6.45) is 3.84. The number of hydrogen-bond donors (Lipinski definition) is 1. The van der Waals surface area contributed by atoms with Gasteiger partial charge < -0.3 is 5.73 Å². The van der Waals surface area contributed by atoms with E-state index in [0.29, 0.717) is 16.4 Å². The van der Waals surface area contributed by atoms with Gasteiger partial charge in [-0.1, -0.05) is 11.6 Å². The van der Waals surface area contributed by atoms with Gasteiger partial charge in [0.2, 0.25) is 0 Å². The number of nitrogens with two attached hydrogens (primary N) is 1. The maximum atomic E-state index is 11.4. The molecule has 0 aliphatic rings. The molecule has 2 aromatic rings.